The van der Waals surface area contributed by atoms with Crippen molar-refractivity contribution in [3.63, 3.8) is 0 Å². The van der Waals surface area contributed by atoms with E-state index in [-0.39, 0.29) is 18.8 Å². The highest BCUT2D eigenvalue weighted by Gasteiger charge is 2.17. The van der Waals surface area contributed by atoms with E-state index in [1.165, 1.54) is 0 Å². The number of amides is 2. The summed E-state index contributed by atoms with van der Waals surface area (Å²) in [6.45, 7) is -0.518. The minimum absolute atomic E-state index is 0.0219. The molecule has 0 aromatic carbocycles. The molecule has 0 saturated carbocycles. The van der Waals surface area contributed by atoms with Gasteiger partial charge >= 0.3 is 5.97 Å². The van der Waals surface area contributed by atoms with Crippen LogP contribution in [-0.4, -0.2) is 47.8 Å². The molecule has 0 radical (unpaired) electrons. The van der Waals surface area contributed by atoms with Crippen molar-refractivity contribution in [2.75, 3.05) is 18.8 Å². The average molecular weight is 235 g/mol. The molecular formula is C7H13N3O4S. The van der Waals surface area contributed by atoms with Crippen molar-refractivity contribution >= 4 is 30.4 Å². The van der Waals surface area contributed by atoms with Gasteiger partial charge in [0, 0.05) is 5.75 Å². The topological polar surface area (TPSA) is 122 Å². The number of hydrogen-bond acceptors (Lipinski definition) is 5. The lowest BCUT2D eigenvalue weighted by atomic mass is 10.3. The molecule has 0 aliphatic rings. The summed E-state index contributed by atoms with van der Waals surface area (Å²) in [7, 11) is 0. The van der Waals surface area contributed by atoms with Crippen LogP contribution in [0.2, 0.25) is 0 Å². The number of carboxylic acid groups (broad SMARTS) is 1. The SMILES string of the molecule is NCC(=O)NCC(=O)N[C@@H](CS)C(=O)O. The van der Waals surface area contributed by atoms with Crippen molar-refractivity contribution in [3.8, 4) is 0 Å². The number of hydrogen-bond donors (Lipinski definition) is 5. The smallest absolute Gasteiger partial charge is 0.327 e. The summed E-state index contributed by atoms with van der Waals surface area (Å²) in [6, 6.07) is -1.06. The number of carbonyl (C=O) groups is 3. The maximum Gasteiger partial charge on any atom is 0.327 e. The Morgan fingerprint density at radius 3 is 2.33 bits per heavy atom. The molecule has 7 nitrogen and oxygen atoms in total. The molecule has 0 aliphatic carbocycles. The molecule has 0 aromatic heterocycles. The Morgan fingerprint density at radius 2 is 1.93 bits per heavy atom. The largest absolute Gasteiger partial charge is 0.480 e. The van der Waals surface area contributed by atoms with Crippen LogP contribution < -0.4 is 16.4 Å². The normalized spacial score (nSPS) is 11.6. The summed E-state index contributed by atoms with van der Waals surface area (Å²) in [5.41, 5.74) is 4.98. The van der Waals surface area contributed by atoms with Crippen LogP contribution in [0.4, 0.5) is 0 Å². The van der Waals surface area contributed by atoms with Gasteiger partial charge in [-0.25, -0.2) is 4.79 Å². The number of nitrogens with one attached hydrogen (secondary N) is 2. The second-order valence-corrected chi connectivity index (χ2v) is 2.99. The van der Waals surface area contributed by atoms with Gasteiger partial charge in [-0.05, 0) is 0 Å². The van der Waals surface area contributed by atoms with Gasteiger partial charge in [0.05, 0.1) is 13.1 Å². The monoisotopic (exact) mass is 235 g/mol. The fourth-order valence-electron chi connectivity index (χ4n) is 0.682. The first-order chi connectivity index (χ1) is 7.01. The second kappa shape index (κ2) is 7.07. The number of carbonyl (C=O) groups excluding carboxylic acids is 2. The van der Waals surface area contributed by atoms with Crippen LogP contribution >= 0.6 is 12.6 Å². The summed E-state index contributed by atoms with van der Waals surface area (Å²) < 4.78 is 0. The summed E-state index contributed by atoms with van der Waals surface area (Å²) in [6.07, 6.45) is 0. The quantitative estimate of drug-likeness (QED) is 0.327. The third kappa shape index (κ3) is 5.92. The predicted octanol–water partition coefficient (Wildman–Crippen LogP) is -2.44. The highest BCUT2D eigenvalue weighted by atomic mass is 32.1. The molecule has 15 heavy (non-hydrogen) atoms. The minimum Gasteiger partial charge on any atom is -0.480 e. The summed E-state index contributed by atoms with van der Waals surface area (Å²) in [5, 5.41) is 13.0. The Bertz CT molecular complexity index is 259. The fraction of sp³-hybridized carbons (Fsp3) is 0.571. The Labute approximate surface area is 91.8 Å². The summed E-state index contributed by atoms with van der Waals surface area (Å²) >= 11 is 3.75. The molecule has 0 fully saturated rings. The highest BCUT2D eigenvalue weighted by molar-refractivity contribution is 7.80. The number of aliphatic carboxylic acids is 1. The Balaban J connectivity index is 3.91. The molecule has 0 bridgehead atoms. The van der Waals surface area contributed by atoms with E-state index in [0.29, 0.717) is 0 Å². The van der Waals surface area contributed by atoms with E-state index in [2.05, 4.69) is 23.3 Å². The zero-order valence-electron chi connectivity index (χ0n) is 7.90. The van der Waals surface area contributed by atoms with Crippen molar-refractivity contribution < 1.29 is 19.5 Å². The van der Waals surface area contributed by atoms with Crippen molar-refractivity contribution in [1.29, 1.82) is 0 Å². The first kappa shape index (κ1) is 13.7. The highest BCUT2D eigenvalue weighted by Crippen LogP contribution is 1.87. The second-order valence-electron chi connectivity index (χ2n) is 2.62. The molecule has 0 rings (SSSR count). The molecule has 1 atom stereocenters. The van der Waals surface area contributed by atoms with E-state index >= 15 is 0 Å². The van der Waals surface area contributed by atoms with Gasteiger partial charge in [0.15, 0.2) is 0 Å². The number of rotatable bonds is 6. The third-order valence-electron chi connectivity index (χ3n) is 1.45. The van der Waals surface area contributed by atoms with Gasteiger partial charge in [-0.15, -0.1) is 0 Å². The van der Waals surface area contributed by atoms with E-state index in [0.717, 1.165) is 0 Å². The van der Waals surface area contributed by atoms with Crippen LogP contribution in [0.1, 0.15) is 0 Å². The molecule has 8 heteroatoms. The zero-order chi connectivity index (χ0) is 11.8. The molecule has 0 aliphatic heterocycles. The average Bonchev–Trinajstić information content (AvgIpc) is 2.21. The first-order valence-corrected chi connectivity index (χ1v) is 4.74. The Morgan fingerprint density at radius 1 is 1.33 bits per heavy atom. The van der Waals surface area contributed by atoms with Gasteiger partial charge in [0.1, 0.15) is 6.04 Å². The number of thiol groups is 1. The van der Waals surface area contributed by atoms with Crippen LogP contribution in [0, 0.1) is 0 Å². The zero-order valence-corrected chi connectivity index (χ0v) is 8.79. The van der Waals surface area contributed by atoms with Gasteiger partial charge in [-0.2, -0.15) is 12.6 Å². The van der Waals surface area contributed by atoms with Crippen molar-refractivity contribution in [3.05, 3.63) is 0 Å². The molecule has 0 unspecified atom stereocenters. The molecule has 5 N–H and O–H groups in total. The van der Waals surface area contributed by atoms with E-state index in [1.54, 1.807) is 0 Å². The van der Waals surface area contributed by atoms with E-state index in [1.807, 2.05) is 0 Å². The fourth-order valence-corrected chi connectivity index (χ4v) is 0.929. The summed E-state index contributed by atoms with van der Waals surface area (Å²) in [4.78, 5) is 32.2. The molecule has 2 amide bonds. The lowest BCUT2D eigenvalue weighted by Crippen LogP contribution is -2.47. The van der Waals surface area contributed by atoms with E-state index < -0.39 is 23.8 Å². The van der Waals surface area contributed by atoms with Crippen LogP contribution in [0.3, 0.4) is 0 Å². The number of carboxylic acids is 1. The lowest BCUT2D eigenvalue weighted by Gasteiger charge is -2.11. The van der Waals surface area contributed by atoms with Gasteiger partial charge in [0.25, 0.3) is 0 Å². The molecule has 0 aromatic rings. The van der Waals surface area contributed by atoms with Crippen molar-refractivity contribution in [2.45, 2.75) is 6.04 Å². The predicted molar refractivity (Wildman–Crippen MR) is 55.5 cm³/mol. The van der Waals surface area contributed by atoms with Crippen LogP contribution in [0.15, 0.2) is 0 Å². The maximum atomic E-state index is 11.1. The first-order valence-electron chi connectivity index (χ1n) is 4.11. The van der Waals surface area contributed by atoms with Gasteiger partial charge in [-0.3, -0.25) is 9.59 Å². The van der Waals surface area contributed by atoms with Crippen LogP contribution in [0.25, 0.3) is 0 Å². The molecular weight excluding hydrogens is 222 g/mol. The van der Waals surface area contributed by atoms with Crippen molar-refractivity contribution in [1.82, 2.24) is 10.6 Å². The Hall–Kier alpha value is -1.28. The summed E-state index contributed by atoms with van der Waals surface area (Å²) in [5.74, 6) is -2.28. The van der Waals surface area contributed by atoms with E-state index in [9.17, 15) is 14.4 Å². The molecule has 0 heterocycles. The molecule has 0 saturated heterocycles. The molecule has 0 spiro atoms. The van der Waals surface area contributed by atoms with Crippen LogP contribution in [0.5, 0.6) is 0 Å². The van der Waals surface area contributed by atoms with Crippen LogP contribution in [-0.2, 0) is 14.4 Å². The minimum atomic E-state index is -1.18. The standard InChI is InChI=1S/C7H13N3O4S/c8-1-5(11)9-2-6(12)10-4(3-15)7(13)14/h4,15H,1-3,8H2,(H,9,11)(H,10,12)(H,13,14)/t4-/m0/s1. The van der Waals surface area contributed by atoms with Gasteiger partial charge < -0.3 is 21.5 Å². The maximum absolute atomic E-state index is 11.1. The number of nitrogens with two attached hydrogens (primary N) is 1. The third-order valence-corrected chi connectivity index (χ3v) is 1.81. The van der Waals surface area contributed by atoms with Gasteiger partial charge in [0.2, 0.25) is 11.8 Å². The van der Waals surface area contributed by atoms with E-state index in [4.69, 9.17) is 10.8 Å². The molecule has 86 valence electrons. The lowest BCUT2D eigenvalue weighted by molar-refractivity contribution is -0.141. The van der Waals surface area contributed by atoms with Crippen molar-refractivity contribution in [2.24, 2.45) is 5.73 Å². The Kier molecular flexibility index (Phi) is 6.47. The van der Waals surface area contributed by atoms with Gasteiger partial charge in [-0.1, -0.05) is 0 Å².